The zero-order chi connectivity index (χ0) is 13.1. The van der Waals surface area contributed by atoms with Gasteiger partial charge in [-0.25, -0.2) is 4.79 Å². The van der Waals surface area contributed by atoms with Crippen molar-refractivity contribution in [1.29, 1.82) is 0 Å². The largest absolute Gasteiger partial charge is 0.478 e. The maximum Gasteiger partial charge on any atom is 0.337 e. The molecule has 18 heavy (non-hydrogen) atoms. The van der Waals surface area contributed by atoms with Gasteiger partial charge in [-0.2, -0.15) is 0 Å². The molecule has 0 aliphatic carbocycles. The van der Waals surface area contributed by atoms with E-state index in [0.29, 0.717) is 0 Å². The predicted octanol–water partition coefficient (Wildman–Crippen LogP) is 2.78. The van der Waals surface area contributed by atoms with E-state index >= 15 is 0 Å². The minimum Gasteiger partial charge on any atom is -0.478 e. The standard InChI is InChI=1S/C14H16N2O2/c1-3-16(4-2)12-5-6-13-10(8-12)7-11(9-15-13)14(17)18/h5-9H,3-4H2,1-2H3,(H,17,18). The smallest absolute Gasteiger partial charge is 0.337 e. The van der Waals surface area contributed by atoms with E-state index in [2.05, 4.69) is 23.7 Å². The van der Waals surface area contributed by atoms with Crippen LogP contribution in [0.15, 0.2) is 30.5 Å². The highest BCUT2D eigenvalue weighted by Crippen LogP contribution is 2.21. The number of nitrogens with zero attached hydrogens (tertiary/aromatic N) is 2. The molecule has 0 unspecified atom stereocenters. The van der Waals surface area contributed by atoms with Gasteiger partial charge in [-0.15, -0.1) is 0 Å². The molecule has 0 aliphatic heterocycles. The minimum atomic E-state index is -0.947. The zero-order valence-corrected chi connectivity index (χ0v) is 10.6. The Morgan fingerprint density at radius 1 is 1.28 bits per heavy atom. The van der Waals surface area contributed by atoms with Crippen LogP contribution >= 0.6 is 0 Å². The number of hydrogen-bond donors (Lipinski definition) is 1. The van der Waals surface area contributed by atoms with Gasteiger partial charge in [0.1, 0.15) is 0 Å². The number of aromatic nitrogens is 1. The van der Waals surface area contributed by atoms with E-state index in [9.17, 15) is 4.79 Å². The van der Waals surface area contributed by atoms with Gasteiger partial charge >= 0.3 is 5.97 Å². The molecule has 2 aromatic rings. The molecule has 0 bridgehead atoms. The van der Waals surface area contributed by atoms with Crippen molar-refractivity contribution in [2.45, 2.75) is 13.8 Å². The van der Waals surface area contributed by atoms with Crippen LogP contribution in [0.4, 0.5) is 5.69 Å². The van der Waals surface area contributed by atoms with Crippen LogP contribution in [-0.4, -0.2) is 29.1 Å². The van der Waals surface area contributed by atoms with Gasteiger partial charge in [-0.05, 0) is 38.1 Å². The summed E-state index contributed by atoms with van der Waals surface area (Å²) in [6, 6.07) is 7.59. The fourth-order valence-corrected chi connectivity index (χ4v) is 2.02. The number of aromatic carboxylic acids is 1. The van der Waals surface area contributed by atoms with Gasteiger partial charge in [0.15, 0.2) is 0 Å². The molecule has 2 rings (SSSR count). The lowest BCUT2D eigenvalue weighted by molar-refractivity contribution is 0.0696. The van der Waals surface area contributed by atoms with Gasteiger partial charge < -0.3 is 10.0 Å². The summed E-state index contributed by atoms with van der Waals surface area (Å²) in [6.07, 6.45) is 1.39. The van der Waals surface area contributed by atoms with Crippen LogP contribution in [0.25, 0.3) is 10.9 Å². The number of pyridine rings is 1. The predicted molar refractivity (Wildman–Crippen MR) is 72.3 cm³/mol. The lowest BCUT2D eigenvalue weighted by Crippen LogP contribution is -2.21. The summed E-state index contributed by atoms with van der Waals surface area (Å²) in [4.78, 5) is 17.3. The van der Waals surface area contributed by atoms with Crippen LogP contribution in [0.2, 0.25) is 0 Å². The van der Waals surface area contributed by atoms with Crippen LogP contribution in [-0.2, 0) is 0 Å². The summed E-state index contributed by atoms with van der Waals surface area (Å²) >= 11 is 0. The number of carbonyl (C=O) groups is 1. The first-order valence-electron chi connectivity index (χ1n) is 6.03. The normalized spacial score (nSPS) is 10.6. The molecule has 0 fully saturated rings. The van der Waals surface area contributed by atoms with Gasteiger partial charge in [0, 0.05) is 30.4 Å². The van der Waals surface area contributed by atoms with E-state index in [1.54, 1.807) is 6.07 Å². The molecule has 0 saturated heterocycles. The number of carboxylic acids is 1. The molecular weight excluding hydrogens is 228 g/mol. The lowest BCUT2D eigenvalue weighted by atomic mass is 10.1. The van der Waals surface area contributed by atoms with E-state index in [1.165, 1.54) is 6.20 Å². The molecule has 1 aromatic heterocycles. The molecule has 0 spiro atoms. The minimum absolute atomic E-state index is 0.221. The number of rotatable bonds is 4. The molecule has 94 valence electrons. The molecule has 0 saturated carbocycles. The van der Waals surface area contributed by atoms with E-state index in [4.69, 9.17) is 5.11 Å². The maximum absolute atomic E-state index is 10.9. The fourth-order valence-electron chi connectivity index (χ4n) is 2.02. The van der Waals surface area contributed by atoms with Crippen molar-refractivity contribution in [3.63, 3.8) is 0 Å². The molecule has 1 aromatic carbocycles. The van der Waals surface area contributed by atoms with Crippen LogP contribution in [0.1, 0.15) is 24.2 Å². The van der Waals surface area contributed by atoms with E-state index < -0.39 is 5.97 Å². The van der Waals surface area contributed by atoms with Crippen LogP contribution < -0.4 is 4.90 Å². The second-order valence-electron chi connectivity index (χ2n) is 4.08. The summed E-state index contributed by atoms with van der Waals surface area (Å²) in [7, 11) is 0. The molecule has 1 N–H and O–H groups in total. The van der Waals surface area contributed by atoms with Crippen molar-refractivity contribution in [3.05, 3.63) is 36.0 Å². The van der Waals surface area contributed by atoms with Crippen LogP contribution in [0.3, 0.4) is 0 Å². The van der Waals surface area contributed by atoms with Crippen molar-refractivity contribution in [1.82, 2.24) is 4.98 Å². The molecule has 0 radical (unpaired) electrons. The Bertz CT molecular complexity index is 577. The Hall–Kier alpha value is -2.10. The van der Waals surface area contributed by atoms with Crippen molar-refractivity contribution in [2.75, 3.05) is 18.0 Å². The van der Waals surface area contributed by atoms with Crippen molar-refractivity contribution in [2.24, 2.45) is 0 Å². The Morgan fingerprint density at radius 2 is 2.00 bits per heavy atom. The topological polar surface area (TPSA) is 53.4 Å². The highest BCUT2D eigenvalue weighted by molar-refractivity contribution is 5.93. The highest BCUT2D eigenvalue weighted by Gasteiger charge is 2.07. The Kier molecular flexibility index (Phi) is 3.46. The average molecular weight is 244 g/mol. The monoisotopic (exact) mass is 244 g/mol. The summed E-state index contributed by atoms with van der Waals surface area (Å²) in [6.45, 7) is 6.04. The number of benzene rings is 1. The van der Waals surface area contributed by atoms with Gasteiger partial charge in [0.25, 0.3) is 0 Å². The second kappa shape index (κ2) is 5.04. The first kappa shape index (κ1) is 12.4. The van der Waals surface area contributed by atoms with E-state index in [-0.39, 0.29) is 5.56 Å². The SMILES string of the molecule is CCN(CC)c1ccc2ncc(C(=O)O)cc2c1. The Balaban J connectivity index is 2.51. The van der Waals surface area contributed by atoms with Crippen molar-refractivity contribution < 1.29 is 9.90 Å². The third-order valence-electron chi connectivity index (χ3n) is 3.04. The lowest BCUT2D eigenvalue weighted by Gasteiger charge is -2.21. The first-order chi connectivity index (χ1) is 8.65. The Morgan fingerprint density at radius 3 is 2.61 bits per heavy atom. The van der Waals surface area contributed by atoms with Gasteiger partial charge in [0.05, 0.1) is 11.1 Å². The summed E-state index contributed by atoms with van der Waals surface area (Å²) in [5.41, 5.74) is 2.13. The summed E-state index contributed by atoms with van der Waals surface area (Å²) < 4.78 is 0. The number of fused-ring (bicyclic) bond motifs is 1. The van der Waals surface area contributed by atoms with E-state index in [1.807, 2.05) is 18.2 Å². The molecule has 4 heteroatoms. The first-order valence-corrected chi connectivity index (χ1v) is 6.03. The molecular formula is C14H16N2O2. The van der Waals surface area contributed by atoms with Gasteiger partial charge in [0.2, 0.25) is 0 Å². The molecule has 0 atom stereocenters. The van der Waals surface area contributed by atoms with Gasteiger partial charge in [-0.1, -0.05) is 0 Å². The third kappa shape index (κ3) is 2.27. The zero-order valence-electron chi connectivity index (χ0n) is 10.6. The maximum atomic E-state index is 10.9. The van der Waals surface area contributed by atoms with Crippen LogP contribution in [0.5, 0.6) is 0 Å². The highest BCUT2D eigenvalue weighted by atomic mass is 16.4. The molecule has 4 nitrogen and oxygen atoms in total. The number of carboxylic acid groups (broad SMARTS) is 1. The summed E-state index contributed by atoms with van der Waals surface area (Å²) in [5, 5.41) is 9.83. The quantitative estimate of drug-likeness (QED) is 0.898. The van der Waals surface area contributed by atoms with E-state index in [0.717, 1.165) is 29.7 Å². The summed E-state index contributed by atoms with van der Waals surface area (Å²) in [5.74, 6) is -0.947. The van der Waals surface area contributed by atoms with Gasteiger partial charge in [-0.3, -0.25) is 4.98 Å². The second-order valence-corrected chi connectivity index (χ2v) is 4.08. The molecule has 0 aliphatic rings. The van der Waals surface area contributed by atoms with Crippen LogP contribution in [0, 0.1) is 0 Å². The third-order valence-corrected chi connectivity index (χ3v) is 3.04. The molecule has 0 amide bonds. The number of anilines is 1. The average Bonchev–Trinajstić information content (AvgIpc) is 2.39. The fraction of sp³-hybridized carbons (Fsp3) is 0.286. The number of hydrogen-bond acceptors (Lipinski definition) is 3. The molecule has 1 heterocycles. The van der Waals surface area contributed by atoms with Crippen molar-refractivity contribution >= 4 is 22.6 Å². The van der Waals surface area contributed by atoms with Crippen molar-refractivity contribution in [3.8, 4) is 0 Å². The Labute approximate surface area is 106 Å².